The number of hydrogen-bond donors (Lipinski definition) is 2. The summed E-state index contributed by atoms with van der Waals surface area (Å²) in [6.07, 6.45) is 0.985. The maximum atomic E-state index is 5.26. The number of aromatic nitrogens is 2. The fraction of sp³-hybridized carbons (Fsp3) is 0.750. The summed E-state index contributed by atoms with van der Waals surface area (Å²) >= 11 is 0. The maximum absolute atomic E-state index is 5.26. The summed E-state index contributed by atoms with van der Waals surface area (Å²) in [5.41, 5.74) is 0.969. The summed E-state index contributed by atoms with van der Waals surface area (Å²) in [6, 6.07) is 0.255. The Balaban J connectivity index is 3.19. The lowest BCUT2D eigenvalue weighted by atomic mass is 9.95. The van der Waals surface area contributed by atoms with Crippen LogP contribution in [0.2, 0.25) is 0 Å². The molecular formula is C16H30N4O. The van der Waals surface area contributed by atoms with Gasteiger partial charge in [-0.05, 0) is 20.3 Å². The van der Waals surface area contributed by atoms with Gasteiger partial charge in [0, 0.05) is 24.6 Å². The molecule has 0 aliphatic rings. The Morgan fingerprint density at radius 3 is 2.24 bits per heavy atom. The molecule has 1 unspecified atom stereocenters. The number of anilines is 2. The monoisotopic (exact) mass is 294 g/mol. The molecule has 1 atom stereocenters. The van der Waals surface area contributed by atoms with E-state index in [-0.39, 0.29) is 11.5 Å². The third-order valence-electron chi connectivity index (χ3n) is 3.36. The molecule has 1 aromatic heterocycles. The van der Waals surface area contributed by atoms with Gasteiger partial charge < -0.3 is 15.4 Å². The van der Waals surface area contributed by atoms with Crippen molar-refractivity contribution in [2.45, 2.75) is 59.4 Å². The van der Waals surface area contributed by atoms with Crippen molar-refractivity contribution >= 4 is 11.6 Å². The second-order valence-corrected chi connectivity index (χ2v) is 6.35. The molecule has 5 nitrogen and oxygen atoms in total. The highest BCUT2D eigenvalue weighted by molar-refractivity contribution is 5.58. The van der Waals surface area contributed by atoms with Crippen LogP contribution in [0.25, 0.3) is 0 Å². The van der Waals surface area contributed by atoms with E-state index >= 15 is 0 Å². The minimum atomic E-state index is -0.0860. The Morgan fingerprint density at radius 1 is 1.14 bits per heavy atom. The Morgan fingerprint density at radius 2 is 1.76 bits per heavy atom. The summed E-state index contributed by atoms with van der Waals surface area (Å²) < 4.78 is 5.26. The summed E-state index contributed by atoms with van der Waals surface area (Å²) in [6.45, 7) is 14.2. The normalized spacial score (nSPS) is 13.1. The zero-order valence-electron chi connectivity index (χ0n) is 14.5. The van der Waals surface area contributed by atoms with Crippen molar-refractivity contribution < 1.29 is 4.74 Å². The fourth-order valence-electron chi connectivity index (χ4n) is 1.99. The molecule has 0 aliphatic carbocycles. The van der Waals surface area contributed by atoms with Crippen LogP contribution in [0.4, 0.5) is 11.6 Å². The van der Waals surface area contributed by atoms with Gasteiger partial charge in [0.1, 0.15) is 17.5 Å². The van der Waals surface area contributed by atoms with Gasteiger partial charge in [-0.15, -0.1) is 0 Å². The lowest BCUT2D eigenvalue weighted by Crippen LogP contribution is -2.27. The largest absolute Gasteiger partial charge is 0.383 e. The van der Waals surface area contributed by atoms with E-state index in [1.165, 1.54) is 0 Å². The Labute approximate surface area is 128 Å². The van der Waals surface area contributed by atoms with E-state index < -0.39 is 0 Å². The Bertz CT molecular complexity index is 454. The number of ether oxygens (including phenoxy) is 1. The highest BCUT2D eigenvalue weighted by atomic mass is 16.5. The first-order chi connectivity index (χ1) is 9.83. The highest BCUT2D eigenvalue weighted by Gasteiger charge is 2.22. The molecule has 21 heavy (non-hydrogen) atoms. The smallest absolute Gasteiger partial charge is 0.138 e. The van der Waals surface area contributed by atoms with Crippen LogP contribution in [-0.2, 0) is 10.2 Å². The molecule has 0 saturated carbocycles. The minimum absolute atomic E-state index is 0.0860. The predicted molar refractivity (Wildman–Crippen MR) is 89.2 cm³/mol. The van der Waals surface area contributed by atoms with Crippen LogP contribution in [-0.4, -0.2) is 36.3 Å². The van der Waals surface area contributed by atoms with E-state index in [1.807, 2.05) is 6.92 Å². The lowest BCUT2D eigenvalue weighted by Gasteiger charge is -2.23. The minimum Gasteiger partial charge on any atom is -0.383 e. The number of rotatable bonds is 7. The Kier molecular flexibility index (Phi) is 6.40. The fourth-order valence-corrected chi connectivity index (χ4v) is 1.99. The van der Waals surface area contributed by atoms with Gasteiger partial charge in [-0.1, -0.05) is 27.7 Å². The van der Waals surface area contributed by atoms with Crippen molar-refractivity contribution in [1.82, 2.24) is 9.97 Å². The van der Waals surface area contributed by atoms with Gasteiger partial charge in [-0.2, -0.15) is 0 Å². The van der Waals surface area contributed by atoms with E-state index in [9.17, 15) is 0 Å². The van der Waals surface area contributed by atoms with Crippen LogP contribution in [0.5, 0.6) is 0 Å². The lowest BCUT2D eigenvalue weighted by molar-refractivity contribution is 0.184. The summed E-state index contributed by atoms with van der Waals surface area (Å²) in [4.78, 5) is 9.42. The van der Waals surface area contributed by atoms with Crippen molar-refractivity contribution in [2.24, 2.45) is 0 Å². The third kappa shape index (κ3) is 4.84. The molecule has 1 heterocycles. The van der Waals surface area contributed by atoms with Gasteiger partial charge >= 0.3 is 0 Å². The molecule has 120 valence electrons. The molecule has 0 spiro atoms. The van der Waals surface area contributed by atoms with Crippen LogP contribution < -0.4 is 10.6 Å². The van der Waals surface area contributed by atoms with Crippen molar-refractivity contribution in [3.8, 4) is 0 Å². The van der Waals surface area contributed by atoms with Gasteiger partial charge in [-0.3, -0.25) is 0 Å². The molecule has 0 aliphatic heterocycles. The van der Waals surface area contributed by atoms with E-state index in [1.54, 1.807) is 7.11 Å². The topological polar surface area (TPSA) is 59.1 Å². The van der Waals surface area contributed by atoms with Gasteiger partial charge in [-0.25, -0.2) is 9.97 Å². The summed E-state index contributed by atoms with van der Waals surface area (Å²) in [5, 5.41) is 6.82. The molecule has 0 amide bonds. The molecule has 1 aromatic rings. The first-order valence-corrected chi connectivity index (χ1v) is 7.71. The zero-order chi connectivity index (χ0) is 16.0. The van der Waals surface area contributed by atoms with Crippen LogP contribution >= 0.6 is 0 Å². The number of nitrogens with zero attached hydrogens (tertiary/aromatic N) is 2. The Hall–Kier alpha value is -1.36. The van der Waals surface area contributed by atoms with Gasteiger partial charge in [0.2, 0.25) is 0 Å². The van der Waals surface area contributed by atoms with Crippen LogP contribution in [0, 0.1) is 6.92 Å². The van der Waals surface area contributed by atoms with Gasteiger partial charge in [0.05, 0.1) is 12.6 Å². The first-order valence-electron chi connectivity index (χ1n) is 7.71. The van der Waals surface area contributed by atoms with Crippen molar-refractivity contribution in [3.63, 3.8) is 0 Å². The van der Waals surface area contributed by atoms with Crippen LogP contribution in [0.15, 0.2) is 0 Å². The number of hydrogen-bond acceptors (Lipinski definition) is 5. The van der Waals surface area contributed by atoms with Crippen molar-refractivity contribution in [1.29, 1.82) is 0 Å². The molecule has 0 radical (unpaired) electrons. The SMILES string of the molecule is CCNc1nc(C(C)(C)C)nc(NC(CC)COC)c1C. The number of methoxy groups -OCH3 is 1. The second-order valence-electron chi connectivity index (χ2n) is 6.35. The van der Waals surface area contributed by atoms with Crippen LogP contribution in [0.3, 0.4) is 0 Å². The predicted octanol–water partition coefficient (Wildman–Crippen LogP) is 3.35. The quantitative estimate of drug-likeness (QED) is 0.807. The first kappa shape index (κ1) is 17.7. The second kappa shape index (κ2) is 7.59. The molecule has 0 bridgehead atoms. The average Bonchev–Trinajstić information content (AvgIpc) is 2.41. The molecule has 0 fully saturated rings. The van der Waals surface area contributed by atoms with E-state index in [4.69, 9.17) is 9.72 Å². The molecule has 0 saturated heterocycles. The highest BCUT2D eigenvalue weighted by Crippen LogP contribution is 2.26. The van der Waals surface area contributed by atoms with E-state index in [0.717, 1.165) is 36.0 Å². The molecule has 2 N–H and O–H groups in total. The third-order valence-corrected chi connectivity index (χ3v) is 3.36. The molecular weight excluding hydrogens is 264 g/mol. The number of nitrogens with one attached hydrogen (secondary N) is 2. The van der Waals surface area contributed by atoms with Gasteiger partial charge in [0.15, 0.2) is 0 Å². The molecule has 0 aromatic carbocycles. The average molecular weight is 294 g/mol. The molecule has 5 heteroatoms. The standard InChI is InChI=1S/C16H30N4O/c1-8-12(10-21-7)18-14-11(3)13(17-9-2)19-15(20-14)16(4,5)6/h12H,8-10H2,1-7H3,(H2,17,18,19,20). The maximum Gasteiger partial charge on any atom is 0.138 e. The molecule has 1 rings (SSSR count). The van der Waals surface area contributed by atoms with Crippen molar-refractivity contribution in [3.05, 3.63) is 11.4 Å². The van der Waals surface area contributed by atoms with E-state index in [0.29, 0.717) is 6.61 Å². The summed E-state index contributed by atoms with van der Waals surface area (Å²) in [5.74, 6) is 2.65. The van der Waals surface area contributed by atoms with Crippen molar-refractivity contribution in [2.75, 3.05) is 30.9 Å². The zero-order valence-corrected chi connectivity index (χ0v) is 14.5. The van der Waals surface area contributed by atoms with Gasteiger partial charge in [0.25, 0.3) is 0 Å². The van der Waals surface area contributed by atoms with Crippen LogP contribution in [0.1, 0.15) is 52.4 Å². The van der Waals surface area contributed by atoms with E-state index in [2.05, 4.69) is 50.2 Å². The summed E-state index contributed by atoms with van der Waals surface area (Å²) in [7, 11) is 1.72.